The third-order valence-electron chi connectivity index (χ3n) is 2.14. The van der Waals surface area contributed by atoms with Gasteiger partial charge in [-0.25, -0.2) is 0 Å². The Hall–Kier alpha value is -0.620. The standard InChI is InChI=1S/C11H13BrN2OS/c12-8-3-11(16-7-8)6-14-5-10-2-1-9(4-13)15-10/h1-3,7,14H,4-6,13H2. The Kier molecular flexibility index (Phi) is 4.17. The average molecular weight is 301 g/mol. The van der Waals surface area contributed by atoms with E-state index in [1.54, 1.807) is 11.3 Å². The van der Waals surface area contributed by atoms with Crippen LogP contribution in [0.1, 0.15) is 16.4 Å². The highest BCUT2D eigenvalue weighted by Gasteiger charge is 2.01. The van der Waals surface area contributed by atoms with Crippen LogP contribution in [0.15, 0.2) is 32.5 Å². The van der Waals surface area contributed by atoms with Crippen molar-refractivity contribution in [2.45, 2.75) is 19.6 Å². The summed E-state index contributed by atoms with van der Waals surface area (Å²) in [6.07, 6.45) is 0. The van der Waals surface area contributed by atoms with Crippen molar-refractivity contribution in [3.8, 4) is 0 Å². The summed E-state index contributed by atoms with van der Waals surface area (Å²) < 4.78 is 6.62. The molecule has 0 amide bonds. The highest BCUT2D eigenvalue weighted by Crippen LogP contribution is 2.19. The van der Waals surface area contributed by atoms with Crippen LogP contribution in [0.2, 0.25) is 0 Å². The number of nitrogens with two attached hydrogens (primary N) is 1. The predicted molar refractivity (Wildman–Crippen MR) is 69.2 cm³/mol. The number of halogens is 1. The normalized spacial score (nSPS) is 10.9. The number of rotatable bonds is 5. The van der Waals surface area contributed by atoms with E-state index in [9.17, 15) is 0 Å². The van der Waals surface area contributed by atoms with Gasteiger partial charge in [-0.05, 0) is 34.1 Å². The van der Waals surface area contributed by atoms with Gasteiger partial charge in [-0.3, -0.25) is 0 Å². The molecule has 2 heterocycles. The minimum atomic E-state index is 0.456. The maximum Gasteiger partial charge on any atom is 0.118 e. The Morgan fingerprint density at radius 3 is 2.75 bits per heavy atom. The summed E-state index contributed by atoms with van der Waals surface area (Å²) in [7, 11) is 0. The summed E-state index contributed by atoms with van der Waals surface area (Å²) in [5, 5.41) is 5.40. The van der Waals surface area contributed by atoms with Gasteiger partial charge in [0.1, 0.15) is 11.5 Å². The maximum atomic E-state index is 5.48. The molecule has 3 N–H and O–H groups in total. The highest BCUT2D eigenvalue weighted by molar-refractivity contribution is 9.10. The van der Waals surface area contributed by atoms with E-state index in [-0.39, 0.29) is 0 Å². The lowest BCUT2D eigenvalue weighted by Gasteiger charge is -1.99. The van der Waals surface area contributed by atoms with E-state index in [0.29, 0.717) is 6.54 Å². The minimum absolute atomic E-state index is 0.456. The molecule has 2 aromatic heterocycles. The molecule has 0 aliphatic heterocycles. The van der Waals surface area contributed by atoms with E-state index in [4.69, 9.17) is 10.2 Å². The zero-order valence-electron chi connectivity index (χ0n) is 8.70. The van der Waals surface area contributed by atoms with E-state index < -0.39 is 0 Å². The van der Waals surface area contributed by atoms with Crippen LogP contribution in [0.5, 0.6) is 0 Å². The Balaban J connectivity index is 1.79. The quantitative estimate of drug-likeness (QED) is 0.893. The average Bonchev–Trinajstić information content (AvgIpc) is 2.88. The molecule has 2 rings (SSSR count). The lowest BCUT2D eigenvalue weighted by molar-refractivity contribution is 0.448. The van der Waals surface area contributed by atoms with Crippen LogP contribution in [0, 0.1) is 0 Å². The van der Waals surface area contributed by atoms with Gasteiger partial charge in [0, 0.05) is 21.3 Å². The van der Waals surface area contributed by atoms with Crippen LogP contribution >= 0.6 is 27.3 Å². The van der Waals surface area contributed by atoms with E-state index in [1.807, 2.05) is 12.1 Å². The number of furan rings is 1. The molecular formula is C11H13BrN2OS. The number of nitrogens with one attached hydrogen (secondary N) is 1. The number of hydrogen-bond acceptors (Lipinski definition) is 4. The van der Waals surface area contributed by atoms with Gasteiger partial charge in [-0.1, -0.05) is 0 Å². The SMILES string of the molecule is NCc1ccc(CNCc2cc(Br)cs2)o1. The third kappa shape index (κ3) is 3.18. The summed E-state index contributed by atoms with van der Waals surface area (Å²) in [5.41, 5.74) is 5.47. The molecule has 5 heteroatoms. The van der Waals surface area contributed by atoms with Crippen molar-refractivity contribution in [1.82, 2.24) is 5.32 Å². The van der Waals surface area contributed by atoms with Crippen molar-refractivity contribution in [2.24, 2.45) is 5.73 Å². The van der Waals surface area contributed by atoms with Crippen LogP contribution in [0.4, 0.5) is 0 Å². The Labute approximate surface area is 107 Å². The molecule has 0 saturated carbocycles. The second kappa shape index (κ2) is 5.63. The molecule has 0 fully saturated rings. The van der Waals surface area contributed by atoms with Crippen LogP contribution in [-0.4, -0.2) is 0 Å². The fourth-order valence-electron chi connectivity index (χ4n) is 1.38. The first-order valence-electron chi connectivity index (χ1n) is 4.99. The molecule has 0 spiro atoms. The molecule has 0 aliphatic rings. The molecule has 86 valence electrons. The van der Waals surface area contributed by atoms with Gasteiger partial charge in [0.25, 0.3) is 0 Å². The van der Waals surface area contributed by atoms with Crippen molar-refractivity contribution >= 4 is 27.3 Å². The lowest BCUT2D eigenvalue weighted by atomic mass is 10.4. The zero-order chi connectivity index (χ0) is 11.4. The summed E-state index contributed by atoms with van der Waals surface area (Å²) >= 11 is 5.17. The number of thiophene rings is 1. The van der Waals surface area contributed by atoms with Crippen molar-refractivity contribution in [3.05, 3.63) is 44.4 Å². The maximum absolute atomic E-state index is 5.48. The molecule has 0 bridgehead atoms. The summed E-state index contributed by atoms with van der Waals surface area (Å²) in [6.45, 7) is 2.04. The molecule has 0 aromatic carbocycles. The lowest BCUT2D eigenvalue weighted by Crippen LogP contribution is -2.11. The van der Waals surface area contributed by atoms with Gasteiger partial charge in [0.2, 0.25) is 0 Å². The smallest absolute Gasteiger partial charge is 0.118 e. The van der Waals surface area contributed by atoms with Gasteiger partial charge in [-0.15, -0.1) is 11.3 Å². The Morgan fingerprint density at radius 2 is 2.12 bits per heavy atom. The van der Waals surface area contributed by atoms with Gasteiger partial charge in [0.05, 0.1) is 13.1 Å². The van der Waals surface area contributed by atoms with Crippen LogP contribution in [0.25, 0.3) is 0 Å². The molecule has 16 heavy (non-hydrogen) atoms. The summed E-state index contributed by atoms with van der Waals surface area (Å²) in [6, 6.07) is 5.99. The van der Waals surface area contributed by atoms with Crippen molar-refractivity contribution in [2.75, 3.05) is 0 Å². The van der Waals surface area contributed by atoms with E-state index in [0.717, 1.165) is 29.1 Å². The summed E-state index contributed by atoms with van der Waals surface area (Å²) in [5.74, 6) is 1.76. The first-order valence-corrected chi connectivity index (χ1v) is 6.66. The molecule has 0 saturated heterocycles. The zero-order valence-corrected chi connectivity index (χ0v) is 11.1. The van der Waals surface area contributed by atoms with Crippen LogP contribution in [0.3, 0.4) is 0 Å². The number of hydrogen-bond donors (Lipinski definition) is 2. The van der Waals surface area contributed by atoms with Gasteiger partial charge in [-0.2, -0.15) is 0 Å². The van der Waals surface area contributed by atoms with E-state index in [2.05, 4.69) is 32.7 Å². The molecule has 0 radical (unpaired) electrons. The Morgan fingerprint density at radius 1 is 1.31 bits per heavy atom. The van der Waals surface area contributed by atoms with Gasteiger partial charge in [0.15, 0.2) is 0 Å². The second-order valence-electron chi connectivity index (χ2n) is 3.41. The topological polar surface area (TPSA) is 51.2 Å². The monoisotopic (exact) mass is 300 g/mol. The van der Waals surface area contributed by atoms with Crippen molar-refractivity contribution < 1.29 is 4.42 Å². The van der Waals surface area contributed by atoms with E-state index in [1.165, 1.54) is 4.88 Å². The third-order valence-corrected chi connectivity index (χ3v) is 3.84. The minimum Gasteiger partial charge on any atom is -0.463 e. The van der Waals surface area contributed by atoms with Gasteiger partial charge >= 0.3 is 0 Å². The van der Waals surface area contributed by atoms with Crippen molar-refractivity contribution in [1.29, 1.82) is 0 Å². The van der Waals surface area contributed by atoms with Crippen LogP contribution < -0.4 is 11.1 Å². The molecule has 0 atom stereocenters. The molecular weight excluding hydrogens is 288 g/mol. The molecule has 3 nitrogen and oxygen atoms in total. The molecule has 0 unspecified atom stereocenters. The fourth-order valence-corrected chi connectivity index (χ4v) is 2.80. The largest absolute Gasteiger partial charge is 0.463 e. The fraction of sp³-hybridized carbons (Fsp3) is 0.273. The highest BCUT2D eigenvalue weighted by atomic mass is 79.9. The second-order valence-corrected chi connectivity index (χ2v) is 5.32. The first kappa shape index (κ1) is 11.9. The molecule has 2 aromatic rings. The van der Waals surface area contributed by atoms with E-state index >= 15 is 0 Å². The van der Waals surface area contributed by atoms with Gasteiger partial charge < -0.3 is 15.5 Å². The molecule has 0 aliphatic carbocycles. The predicted octanol–water partition coefficient (Wildman–Crippen LogP) is 2.85. The first-order chi connectivity index (χ1) is 7.78. The van der Waals surface area contributed by atoms with Crippen molar-refractivity contribution in [3.63, 3.8) is 0 Å². The summed E-state index contributed by atoms with van der Waals surface area (Å²) in [4.78, 5) is 1.30. The Bertz CT molecular complexity index is 452. The van der Waals surface area contributed by atoms with Crippen LogP contribution in [-0.2, 0) is 19.6 Å².